The molecule has 1 unspecified atom stereocenters. The number of carbonyl (C=O) groups is 4. The van der Waals surface area contributed by atoms with Crippen LogP contribution in [0.5, 0.6) is 11.5 Å². The molecule has 5 aromatic heterocycles. The zero-order valence-electron chi connectivity index (χ0n) is 57.2. The summed E-state index contributed by atoms with van der Waals surface area (Å²) < 4.78 is 131. The van der Waals surface area contributed by atoms with Crippen molar-refractivity contribution < 1.29 is 73.2 Å². The predicted octanol–water partition coefficient (Wildman–Crippen LogP) is 12.4. The molecule has 0 bridgehead atoms. The van der Waals surface area contributed by atoms with Crippen molar-refractivity contribution in [3.05, 3.63) is 216 Å². The monoisotopic (exact) mass is 1580 g/mol. The van der Waals surface area contributed by atoms with Crippen molar-refractivity contribution in [3.63, 3.8) is 0 Å². The summed E-state index contributed by atoms with van der Waals surface area (Å²) in [5.41, 5.74) is 2.78. The van der Waals surface area contributed by atoms with Gasteiger partial charge in [-0.1, -0.05) is 41.9 Å². The first kappa shape index (κ1) is 76.0. The number of nitrogens with one attached hydrogen (secondary N) is 3. The van der Waals surface area contributed by atoms with Gasteiger partial charge >= 0.3 is 6.18 Å². The van der Waals surface area contributed by atoms with Crippen molar-refractivity contribution in [2.75, 3.05) is 82.9 Å². The molecule has 3 saturated heterocycles. The highest BCUT2D eigenvalue weighted by Gasteiger charge is 2.35. The van der Waals surface area contributed by atoms with E-state index in [1.54, 1.807) is 96.5 Å². The average Bonchev–Trinajstić information content (AvgIpc) is 1.69. The van der Waals surface area contributed by atoms with Gasteiger partial charge in [-0.15, -0.1) is 22.7 Å². The van der Waals surface area contributed by atoms with Gasteiger partial charge in [0.05, 0.1) is 30.8 Å². The number of nitrogens with zero attached hydrogens (tertiary/aromatic N) is 11. The molecule has 2 atom stereocenters. The van der Waals surface area contributed by atoms with E-state index in [-0.39, 0.29) is 92.4 Å². The second-order valence-corrected chi connectivity index (χ2v) is 32.2. The maximum absolute atomic E-state index is 13.2. The van der Waals surface area contributed by atoms with E-state index in [4.69, 9.17) is 16.3 Å². The number of hydrogen-bond acceptors (Lipinski definition) is 19. The molecule has 0 aliphatic carbocycles. The number of piperazine rings is 2. The molecule has 3 fully saturated rings. The normalized spacial score (nSPS) is 15.2. The minimum atomic E-state index is -4.51. The number of piperidine rings is 1. The molecule has 3 aliphatic heterocycles. The molecule has 107 heavy (non-hydrogen) atoms. The number of likely N-dealkylation sites (tertiary alicyclic amines) is 1. The Labute approximate surface area is 632 Å². The first-order valence-electron chi connectivity index (χ1n) is 33.4. The number of anilines is 5. The van der Waals surface area contributed by atoms with Crippen molar-refractivity contribution in [3.8, 4) is 11.5 Å². The third-order valence-electron chi connectivity index (χ3n) is 18.1. The second-order valence-electron chi connectivity index (χ2n) is 25.0. The number of benzene rings is 6. The fraction of sp³-hybridized carbons (Fsp3) is 0.250. The predicted molar refractivity (Wildman–Crippen MR) is 410 cm³/mol. The molecule has 14 rings (SSSR count). The van der Waals surface area contributed by atoms with Gasteiger partial charge in [0.25, 0.3) is 36.0 Å². The zero-order chi connectivity index (χ0) is 75.8. The Hall–Kier alpha value is -10.7. The number of sulfonamides is 3. The van der Waals surface area contributed by atoms with Gasteiger partial charge in [-0.05, 0) is 165 Å². The molecular weight excluding hydrogens is 1510 g/mol. The number of thiazole rings is 2. The van der Waals surface area contributed by atoms with E-state index >= 15 is 0 Å². The van der Waals surface area contributed by atoms with Crippen molar-refractivity contribution in [1.82, 2.24) is 43.8 Å². The summed E-state index contributed by atoms with van der Waals surface area (Å²) in [6, 6.07) is 39.0. The van der Waals surface area contributed by atoms with Crippen LogP contribution in [0.3, 0.4) is 0 Å². The third-order valence-corrected chi connectivity index (χ3v) is 24.1. The van der Waals surface area contributed by atoms with E-state index in [1.165, 1.54) is 93.0 Å². The molecule has 3 aliphatic rings. The van der Waals surface area contributed by atoms with Crippen LogP contribution in [0.1, 0.15) is 55.5 Å². The summed E-state index contributed by atoms with van der Waals surface area (Å²) in [6.07, 6.45) is 5.73. The number of phenolic OH excluding ortho intramolecular Hbond substituents is 1. The van der Waals surface area contributed by atoms with Crippen LogP contribution in [-0.2, 0) is 62.0 Å². The van der Waals surface area contributed by atoms with Crippen LogP contribution in [0.15, 0.2) is 214 Å². The van der Waals surface area contributed by atoms with Crippen LogP contribution in [0.2, 0.25) is 5.02 Å². The van der Waals surface area contributed by atoms with Gasteiger partial charge in [-0.25, -0.2) is 45.2 Å². The van der Waals surface area contributed by atoms with Crippen molar-refractivity contribution in [2.24, 2.45) is 0 Å². The number of aromatic hydroxyl groups is 1. The number of amides is 4. The van der Waals surface area contributed by atoms with E-state index in [2.05, 4.69) is 39.0 Å². The van der Waals surface area contributed by atoms with Crippen LogP contribution < -0.4 is 28.7 Å². The summed E-state index contributed by atoms with van der Waals surface area (Å²) in [6.45, 7) is 7.32. The first-order chi connectivity index (χ1) is 51.2. The smallest absolute Gasteiger partial charge is 0.416 e. The van der Waals surface area contributed by atoms with Gasteiger partial charge in [0, 0.05) is 122 Å². The van der Waals surface area contributed by atoms with Crippen LogP contribution >= 0.6 is 34.3 Å². The van der Waals surface area contributed by atoms with Crippen LogP contribution in [0.25, 0.3) is 21.8 Å². The van der Waals surface area contributed by atoms with Crippen LogP contribution in [-0.4, -0.2) is 163 Å². The van der Waals surface area contributed by atoms with E-state index in [1.807, 2.05) is 52.1 Å². The second kappa shape index (κ2) is 32.6. The quantitative estimate of drug-likeness (QED) is 0.0584. The Morgan fingerprint density at radius 3 is 1.80 bits per heavy atom. The number of fused-ring (bicyclic) bond motifs is 2. The van der Waals surface area contributed by atoms with Crippen LogP contribution in [0, 0.1) is 0 Å². The molecular formula is C72H78ClF3N14O12S5. The topological polar surface area (TPSA) is 314 Å². The summed E-state index contributed by atoms with van der Waals surface area (Å²) in [5.74, 6) is 0.341. The number of hydrogen-bond donors (Lipinski definition) is 4. The minimum Gasteiger partial charge on any atom is -0.508 e. The lowest BCUT2D eigenvalue weighted by Gasteiger charge is -2.37. The lowest BCUT2D eigenvalue weighted by Crippen LogP contribution is -2.53. The maximum atomic E-state index is 13.2. The summed E-state index contributed by atoms with van der Waals surface area (Å²) in [4.78, 5) is 76.3. The summed E-state index contributed by atoms with van der Waals surface area (Å²) >= 11 is 8.72. The van der Waals surface area contributed by atoms with E-state index in [0.29, 0.717) is 66.2 Å². The van der Waals surface area contributed by atoms with E-state index in [9.17, 15) is 62.7 Å². The number of aromatic nitrogens is 6. The van der Waals surface area contributed by atoms with Gasteiger partial charge in [0.15, 0.2) is 16.4 Å². The third kappa shape index (κ3) is 18.4. The van der Waals surface area contributed by atoms with Crippen molar-refractivity contribution >= 4 is 137 Å². The zero-order valence-corrected chi connectivity index (χ0v) is 62.0. The van der Waals surface area contributed by atoms with Gasteiger partial charge < -0.3 is 43.5 Å². The Kier molecular flexibility index (Phi) is 23.2. The minimum absolute atomic E-state index is 0. The maximum Gasteiger partial charge on any atom is 0.416 e. The molecule has 26 nitrogen and oxygen atoms in total. The lowest BCUT2D eigenvalue weighted by molar-refractivity contribution is -0.139. The number of para-hydroxylation sites is 1. The Bertz CT molecular complexity index is 5330. The number of ether oxygens (including phenoxy) is 1. The number of halogens is 4. The molecule has 8 heterocycles. The first-order valence-corrected chi connectivity index (χ1v) is 40.0. The number of rotatable bonds is 19. The summed E-state index contributed by atoms with van der Waals surface area (Å²) in [7, 11) is -11.3. The number of phenols is 1. The molecule has 0 spiro atoms. The van der Waals surface area contributed by atoms with Gasteiger partial charge in [-0.2, -0.15) is 13.2 Å². The van der Waals surface area contributed by atoms with Crippen molar-refractivity contribution in [1.29, 1.82) is 0 Å². The highest BCUT2D eigenvalue weighted by atomic mass is 35.5. The largest absolute Gasteiger partial charge is 0.508 e. The van der Waals surface area contributed by atoms with E-state index < -0.39 is 59.9 Å². The fourth-order valence-corrected chi connectivity index (χ4v) is 17.3. The molecule has 0 saturated carbocycles. The SMILES string of the molecule is CC(Oc1ccc(O)cc1)C(=O)N1CCN(c2ccc(S(=O)(=O)Nc3ccncn3)cc2)CC1.C[C@H](C(=O)N1CCN(c2ccc(S(=O)(=O)Nc3nccs3)cc2)C(=O)C1)n1ccc2ccc(C(F)(F)F)cc21.O=C(Cn1ccc2cccc(Cl)c21)N1CCC(c2ccc(S(=O)(=O)Nc3nccs3)cc2)CC1.[HH].[HH].[HH].[HH]. The van der Waals surface area contributed by atoms with E-state index in [0.717, 1.165) is 58.5 Å². The van der Waals surface area contributed by atoms with Crippen molar-refractivity contribution in [2.45, 2.75) is 72.2 Å². The summed E-state index contributed by atoms with van der Waals surface area (Å²) in [5, 5.41) is 15.5. The number of carbonyl (C=O) groups excluding carboxylic acids is 4. The lowest BCUT2D eigenvalue weighted by atomic mass is 9.89. The Balaban J connectivity index is 0.000000206. The van der Waals surface area contributed by atoms with Gasteiger partial charge in [0.1, 0.15) is 42.8 Å². The average molecular weight is 1580 g/mol. The molecule has 4 amide bonds. The molecule has 566 valence electrons. The standard InChI is InChI=1S/C25H22F3N5O4S2.C24H23ClN4O3S2.C23H25N5O5S.4H2/c1-16(32-10-8-17-2-3-18(14-21(17)32)25(26,27)28)23(35)31-11-12-33(22(34)15-31)19-4-6-20(7-5-19)39(36,37)30-24-29-9-13-38-24;25-21-3-1-2-19-10-14-29(23(19)21)16-22(30)28-12-8-18(9-13-28)17-4-6-20(7-5-17)34(31,32)27-24-26-11-15-33-24;1-17(33-20-6-4-19(29)5-7-20)23(30)28-14-12-27(13-15-28)18-2-8-21(9-3-18)34(31,32)26-22-10-11-24-16-25-22;;;;/h2-10,13-14,16H,11-12,15H2,1H3,(H,29,30);1-7,10-11,14-15,18H,8-9,12-13,16H2,(H,26,27);2-11,16-17,29H,12-15H2,1H3,(H,24,25,26);4*1H/t16-;;;;;;/m1....../s1. The molecule has 0 radical (unpaired) electrons. The van der Waals surface area contributed by atoms with Gasteiger partial charge in [0.2, 0.25) is 17.7 Å². The van der Waals surface area contributed by atoms with Gasteiger partial charge in [-0.3, -0.25) is 33.3 Å². The molecule has 6 aromatic carbocycles. The highest BCUT2D eigenvalue weighted by molar-refractivity contribution is 7.93. The Morgan fingerprint density at radius 1 is 0.636 bits per heavy atom. The molecule has 35 heteroatoms. The number of alkyl halides is 3. The highest BCUT2D eigenvalue weighted by Crippen LogP contribution is 2.35. The molecule has 4 N–H and O–H groups in total. The Morgan fingerprint density at radius 2 is 1.22 bits per heavy atom. The van der Waals surface area contributed by atoms with Crippen LogP contribution in [0.4, 0.5) is 40.6 Å². The fourth-order valence-electron chi connectivity index (χ4n) is 12.5. The molecule has 11 aromatic rings.